The van der Waals surface area contributed by atoms with Crippen LogP contribution in [0.4, 0.5) is 5.69 Å². The zero-order valence-electron chi connectivity index (χ0n) is 29.0. The Labute approximate surface area is 292 Å². The molecule has 5 aliphatic carbocycles. The number of carbonyl (C=O) groups is 2. The van der Waals surface area contributed by atoms with Crippen molar-refractivity contribution in [2.24, 2.45) is 17.8 Å². The minimum Gasteiger partial charge on any atom is -0.352 e. The van der Waals surface area contributed by atoms with Gasteiger partial charge in [-0.3, -0.25) is 13.9 Å². The molecule has 0 radical (unpaired) electrons. The summed E-state index contributed by atoms with van der Waals surface area (Å²) in [6, 6.07) is 25.0. The molecular formula is C41H51N3O4S. The second kappa shape index (κ2) is 13.9. The number of hydrogen-bond acceptors (Lipinski definition) is 4. The Morgan fingerprint density at radius 3 is 1.98 bits per heavy atom. The van der Waals surface area contributed by atoms with Crippen molar-refractivity contribution >= 4 is 27.5 Å². The lowest BCUT2D eigenvalue weighted by molar-refractivity contribution is -0.140. The summed E-state index contributed by atoms with van der Waals surface area (Å²) in [7, 11) is -3.82. The van der Waals surface area contributed by atoms with Gasteiger partial charge in [0.2, 0.25) is 21.8 Å². The molecule has 0 saturated heterocycles. The van der Waals surface area contributed by atoms with Crippen molar-refractivity contribution < 1.29 is 18.0 Å². The lowest BCUT2D eigenvalue weighted by Gasteiger charge is -2.57. The summed E-state index contributed by atoms with van der Waals surface area (Å²) in [4.78, 5) is 30.3. The van der Waals surface area contributed by atoms with Gasteiger partial charge in [0.1, 0.15) is 12.6 Å². The minimum atomic E-state index is -3.82. The van der Waals surface area contributed by atoms with Crippen LogP contribution < -0.4 is 9.62 Å². The van der Waals surface area contributed by atoms with E-state index < -0.39 is 22.0 Å². The molecule has 3 aromatic carbocycles. The highest BCUT2D eigenvalue weighted by Crippen LogP contribution is 2.60. The molecule has 260 valence electrons. The topological polar surface area (TPSA) is 86.8 Å². The lowest BCUT2D eigenvalue weighted by atomic mass is 9.48. The predicted molar refractivity (Wildman–Crippen MR) is 195 cm³/mol. The number of benzene rings is 3. The van der Waals surface area contributed by atoms with Crippen molar-refractivity contribution in [3.8, 4) is 0 Å². The highest BCUT2D eigenvalue weighted by molar-refractivity contribution is 7.92. The van der Waals surface area contributed by atoms with Crippen LogP contribution in [0.5, 0.6) is 0 Å². The van der Waals surface area contributed by atoms with Crippen LogP contribution in [0.25, 0.3) is 0 Å². The van der Waals surface area contributed by atoms with E-state index in [9.17, 15) is 18.0 Å². The summed E-state index contributed by atoms with van der Waals surface area (Å²) in [6.45, 7) is 1.82. The van der Waals surface area contributed by atoms with Crippen LogP contribution in [0.15, 0.2) is 78.9 Å². The molecule has 0 aliphatic heterocycles. The number of carbonyl (C=O) groups excluding carboxylic acids is 2. The van der Waals surface area contributed by atoms with Gasteiger partial charge < -0.3 is 10.2 Å². The van der Waals surface area contributed by atoms with Gasteiger partial charge in [0.25, 0.3) is 0 Å². The van der Waals surface area contributed by atoms with E-state index in [1.807, 2.05) is 73.7 Å². The molecule has 4 bridgehead atoms. The quantitative estimate of drug-likeness (QED) is 0.225. The number of nitrogens with zero attached hydrogens (tertiary/aromatic N) is 2. The third-order valence-electron chi connectivity index (χ3n) is 11.9. The van der Waals surface area contributed by atoms with Crippen LogP contribution >= 0.6 is 0 Å². The first-order chi connectivity index (χ1) is 23.5. The molecule has 0 spiro atoms. The van der Waals surface area contributed by atoms with Gasteiger partial charge in [0, 0.05) is 19.0 Å². The van der Waals surface area contributed by atoms with Crippen LogP contribution in [0, 0.1) is 24.7 Å². The highest BCUT2D eigenvalue weighted by Gasteiger charge is 2.51. The van der Waals surface area contributed by atoms with Crippen LogP contribution in [-0.4, -0.2) is 50.0 Å². The monoisotopic (exact) mass is 681 g/mol. The molecule has 5 aliphatic rings. The molecule has 0 aromatic heterocycles. The van der Waals surface area contributed by atoms with E-state index in [1.54, 1.807) is 4.90 Å². The molecule has 8 heteroatoms. The van der Waals surface area contributed by atoms with E-state index in [2.05, 4.69) is 17.4 Å². The summed E-state index contributed by atoms with van der Waals surface area (Å²) in [6.07, 6.45) is 13.3. The summed E-state index contributed by atoms with van der Waals surface area (Å²) in [5.74, 6) is 1.83. The minimum absolute atomic E-state index is 0.0853. The van der Waals surface area contributed by atoms with E-state index in [1.165, 1.54) is 48.4 Å². The Morgan fingerprint density at radius 2 is 1.41 bits per heavy atom. The first-order valence-corrected chi connectivity index (χ1v) is 20.2. The van der Waals surface area contributed by atoms with E-state index in [-0.39, 0.29) is 30.5 Å². The second-order valence-electron chi connectivity index (χ2n) is 15.7. The molecule has 5 saturated carbocycles. The van der Waals surface area contributed by atoms with Gasteiger partial charge in [-0.25, -0.2) is 8.42 Å². The number of anilines is 1. The third kappa shape index (κ3) is 7.59. The van der Waals surface area contributed by atoms with Crippen LogP contribution in [0.3, 0.4) is 0 Å². The molecule has 1 atom stereocenters. The van der Waals surface area contributed by atoms with Crippen molar-refractivity contribution in [1.82, 2.24) is 10.2 Å². The van der Waals surface area contributed by atoms with E-state index in [0.29, 0.717) is 12.1 Å². The SMILES string of the molecule is Cc1ccc(CN(C(=O)CN(c2ccc(C34CC5CC(CC(C5)C3)C4)cc2)S(C)(=O)=O)[C@H](Cc2ccccc2)C(=O)NC2CCCC2)cc1. The fourth-order valence-corrected chi connectivity index (χ4v) is 10.7. The third-order valence-corrected chi connectivity index (χ3v) is 13.1. The Bertz CT molecular complexity index is 1700. The van der Waals surface area contributed by atoms with Gasteiger partial charge in [-0.15, -0.1) is 0 Å². The van der Waals surface area contributed by atoms with E-state index in [4.69, 9.17) is 0 Å². The summed E-state index contributed by atoms with van der Waals surface area (Å²) >= 11 is 0. The fraction of sp³-hybridized carbons (Fsp3) is 0.512. The Balaban J connectivity index is 1.18. The van der Waals surface area contributed by atoms with E-state index >= 15 is 0 Å². The van der Waals surface area contributed by atoms with Crippen molar-refractivity contribution in [3.05, 3.63) is 101 Å². The van der Waals surface area contributed by atoms with Gasteiger partial charge in [0.05, 0.1) is 11.9 Å². The predicted octanol–water partition coefficient (Wildman–Crippen LogP) is 6.93. The van der Waals surface area contributed by atoms with Crippen molar-refractivity contribution in [2.75, 3.05) is 17.1 Å². The largest absolute Gasteiger partial charge is 0.352 e. The number of aryl methyl sites for hydroxylation is 1. The average Bonchev–Trinajstić information content (AvgIpc) is 3.58. The van der Waals surface area contributed by atoms with E-state index in [0.717, 1.165) is 66.4 Å². The maximum absolute atomic E-state index is 14.6. The normalized spacial score (nSPS) is 25.2. The van der Waals surface area contributed by atoms with Crippen molar-refractivity contribution in [3.63, 3.8) is 0 Å². The molecule has 1 N–H and O–H groups in total. The van der Waals surface area contributed by atoms with Crippen molar-refractivity contribution in [1.29, 1.82) is 0 Å². The zero-order chi connectivity index (χ0) is 34.2. The molecule has 3 aromatic rings. The smallest absolute Gasteiger partial charge is 0.244 e. The molecular weight excluding hydrogens is 631 g/mol. The average molecular weight is 682 g/mol. The van der Waals surface area contributed by atoms with Gasteiger partial charge in [0.15, 0.2) is 0 Å². The maximum atomic E-state index is 14.6. The maximum Gasteiger partial charge on any atom is 0.244 e. The Kier molecular flexibility index (Phi) is 9.62. The van der Waals surface area contributed by atoms with Gasteiger partial charge in [-0.2, -0.15) is 0 Å². The highest BCUT2D eigenvalue weighted by atomic mass is 32.2. The summed E-state index contributed by atoms with van der Waals surface area (Å²) in [5.41, 5.74) is 4.91. The Hall–Kier alpha value is -3.65. The number of amides is 2. The number of nitrogens with one attached hydrogen (secondary N) is 1. The molecule has 0 unspecified atom stereocenters. The zero-order valence-corrected chi connectivity index (χ0v) is 29.8. The lowest BCUT2D eigenvalue weighted by Crippen LogP contribution is -2.54. The molecule has 49 heavy (non-hydrogen) atoms. The molecule has 0 heterocycles. The van der Waals surface area contributed by atoms with Gasteiger partial charge >= 0.3 is 0 Å². The number of hydrogen-bond donors (Lipinski definition) is 1. The van der Waals surface area contributed by atoms with Gasteiger partial charge in [-0.1, -0.05) is 85.1 Å². The van der Waals surface area contributed by atoms with Crippen LogP contribution in [-0.2, 0) is 38.0 Å². The molecule has 7 nitrogen and oxygen atoms in total. The number of rotatable bonds is 12. The van der Waals surface area contributed by atoms with Gasteiger partial charge in [-0.05, 0) is 110 Å². The fourth-order valence-electron chi connectivity index (χ4n) is 9.87. The van der Waals surface area contributed by atoms with Crippen molar-refractivity contribution in [2.45, 2.75) is 102 Å². The molecule has 5 fully saturated rings. The summed E-state index contributed by atoms with van der Waals surface area (Å²) < 4.78 is 28.0. The summed E-state index contributed by atoms with van der Waals surface area (Å²) in [5, 5.41) is 3.24. The molecule has 8 rings (SSSR count). The number of sulfonamides is 1. The molecule has 2 amide bonds. The first kappa shape index (κ1) is 33.8. The first-order valence-electron chi connectivity index (χ1n) is 18.3. The second-order valence-corrected chi connectivity index (χ2v) is 17.6. The standard InChI is InChI=1S/C41H51N3O4S/c1-29-12-14-31(15-13-29)27-43(38(23-30-8-4-3-5-9-30)40(46)42-36-10-6-7-11-36)39(45)28-44(49(2,47)48)37-18-16-35(17-19-37)41-24-32-20-33(25-41)22-34(21-32)26-41/h3-5,8-9,12-19,32-34,36,38H,6-7,10-11,20-28H2,1-2H3,(H,42,46)/t32?,33?,34?,38-,41?/m1/s1. The van der Waals surface area contributed by atoms with Crippen LogP contribution in [0.2, 0.25) is 0 Å². The van der Waals surface area contributed by atoms with Crippen LogP contribution in [0.1, 0.15) is 86.5 Å². The Morgan fingerprint density at radius 1 is 0.816 bits per heavy atom.